The molecule has 0 saturated carbocycles. The molecule has 0 spiro atoms. The minimum atomic E-state index is 0. The lowest BCUT2D eigenvalue weighted by Gasteiger charge is -2.12. The Morgan fingerprint density at radius 2 is 0.750 bits per heavy atom. The SMILES string of the molecule is C.c1ccc(-c2cccc(-c3nc(-c4ccccc4)nc(-c4cccc5c4Cc4c(-c6ccccc6)cccc4-5)n3)c2)cc1. The van der Waals surface area contributed by atoms with E-state index in [1.165, 1.54) is 33.4 Å². The number of aromatic nitrogens is 3. The van der Waals surface area contributed by atoms with Crippen LogP contribution in [-0.4, -0.2) is 15.0 Å². The van der Waals surface area contributed by atoms with Gasteiger partial charge in [-0.2, -0.15) is 0 Å². The summed E-state index contributed by atoms with van der Waals surface area (Å²) in [7, 11) is 0. The lowest BCUT2D eigenvalue weighted by molar-refractivity contribution is 1.07. The summed E-state index contributed by atoms with van der Waals surface area (Å²) in [6.07, 6.45) is 0.830. The fourth-order valence-corrected chi connectivity index (χ4v) is 6.14. The molecule has 1 aliphatic carbocycles. The molecule has 7 aromatic rings. The normalized spacial score (nSPS) is 11.4. The molecular formula is C41H31N3. The third kappa shape index (κ3) is 4.89. The molecule has 210 valence electrons. The first-order chi connectivity index (χ1) is 21.3. The standard InChI is InChI=1S/C40H27N3.CH4/c1-4-13-27(14-5-1)30-19-10-20-31(25-30)39-41-38(29-17-8-3-9-18-29)42-40(43-39)35-24-12-23-34-33-22-11-21-32(36(33)26-37(34)35)28-15-6-2-7-16-28;/h1-25H,26H2;1H4. The Kier molecular flexibility index (Phi) is 7.13. The van der Waals surface area contributed by atoms with Crippen LogP contribution in [0.5, 0.6) is 0 Å². The zero-order chi connectivity index (χ0) is 28.6. The zero-order valence-electron chi connectivity index (χ0n) is 23.5. The van der Waals surface area contributed by atoms with Crippen molar-refractivity contribution in [2.75, 3.05) is 0 Å². The van der Waals surface area contributed by atoms with Crippen LogP contribution in [0.3, 0.4) is 0 Å². The molecule has 3 heteroatoms. The highest BCUT2D eigenvalue weighted by Crippen LogP contribution is 2.45. The van der Waals surface area contributed by atoms with E-state index in [-0.39, 0.29) is 7.43 Å². The number of rotatable bonds is 5. The van der Waals surface area contributed by atoms with Crippen molar-refractivity contribution in [3.05, 3.63) is 163 Å². The zero-order valence-corrected chi connectivity index (χ0v) is 23.5. The van der Waals surface area contributed by atoms with Crippen molar-refractivity contribution in [3.8, 4) is 67.5 Å². The number of hydrogen-bond acceptors (Lipinski definition) is 3. The van der Waals surface area contributed by atoms with Crippen molar-refractivity contribution < 1.29 is 0 Å². The molecule has 1 aromatic heterocycles. The smallest absolute Gasteiger partial charge is 0.164 e. The monoisotopic (exact) mass is 565 g/mol. The topological polar surface area (TPSA) is 38.7 Å². The van der Waals surface area contributed by atoms with Gasteiger partial charge in [-0.15, -0.1) is 0 Å². The summed E-state index contributed by atoms with van der Waals surface area (Å²) in [4.78, 5) is 15.2. The van der Waals surface area contributed by atoms with Crippen molar-refractivity contribution in [1.29, 1.82) is 0 Å². The highest BCUT2D eigenvalue weighted by molar-refractivity contribution is 5.89. The van der Waals surface area contributed by atoms with Crippen molar-refractivity contribution in [3.63, 3.8) is 0 Å². The van der Waals surface area contributed by atoms with E-state index in [1.54, 1.807) is 0 Å². The average molecular weight is 566 g/mol. The van der Waals surface area contributed by atoms with E-state index < -0.39 is 0 Å². The van der Waals surface area contributed by atoms with E-state index in [0.29, 0.717) is 17.5 Å². The molecule has 0 fully saturated rings. The van der Waals surface area contributed by atoms with E-state index in [4.69, 9.17) is 15.0 Å². The molecule has 0 N–H and O–H groups in total. The molecule has 6 aromatic carbocycles. The second-order valence-electron chi connectivity index (χ2n) is 10.8. The van der Waals surface area contributed by atoms with Crippen LogP contribution in [0.1, 0.15) is 18.6 Å². The van der Waals surface area contributed by atoms with Gasteiger partial charge in [0.1, 0.15) is 0 Å². The van der Waals surface area contributed by atoms with E-state index in [1.807, 2.05) is 24.3 Å². The number of nitrogens with zero attached hydrogens (tertiary/aromatic N) is 3. The molecule has 0 radical (unpaired) electrons. The van der Waals surface area contributed by atoms with Gasteiger partial charge in [-0.1, -0.05) is 153 Å². The maximum Gasteiger partial charge on any atom is 0.164 e. The highest BCUT2D eigenvalue weighted by Gasteiger charge is 2.26. The molecule has 44 heavy (non-hydrogen) atoms. The summed E-state index contributed by atoms with van der Waals surface area (Å²) in [5.41, 5.74) is 12.9. The van der Waals surface area contributed by atoms with Gasteiger partial charge in [0.25, 0.3) is 0 Å². The van der Waals surface area contributed by atoms with Crippen LogP contribution >= 0.6 is 0 Å². The van der Waals surface area contributed by atoms with Crippen LogP contribution < -0.4 is 0 Å². The van der Waals surface area contributed by atoms with Crippen LogP contribution in [0, 0.1) is 0 Å². The van der Waals surface area contributed by atoms with Crippen LogP contribution in [0.25, 0.3) is 67.5 Å². The summed E-state index contributed by atoms with van der Waals surface area (Å²) in [5.74, 6) is 2.03. The average Bonchev–Trinajstić information content (AvgIpc) is 3.48. The lowest BCUT2D eigenvalue weighted by Crippen LogP contribution is -2.02. The predicted molar refractivity (Wildman–Crippen MR) is 182 cm³/mol. The summed E-state index contributed by atoms with van der Waals surface area (Å²) in [6, 6.07) is 52.8. The van der Waals surface area contributed by atoms with Crippen LogP contribution in [-0.2, 0) is 6.42 Å². The van der Waals surface area contributed by atoms with Crippen LogP contribution in [0.2, 0.25) is 0 Å². The molecular weight excluding hydrogens is 534 g/mol. The van der Waals surface area contributed by atoms with Crippen molar-refractivity contribution in [2.45, 2.75) is 13.8 Å². The van der Waals surface area contributed by atoms with Gasteiger partial charge in [0.15, 0.2) is 17.5 Å². The van der Waals surface area contributed by atoms with Gasteiger partial charge in [0, 0.05) is 23.1 Å². The highest BCUT2D eigenvalue weighted by atomic mass is 15.0. The summed E-state index contributed by atoms with van der Waals surface area (Å²) < 4.78 is 0. The largest absolute Gasteiger partial charge is 0.208 e. The van der Waals surface area contributed by atoms with E-state index in [0.717, 1.165) is 34.2 Å². The Balaban J connectivity index is 0.00000312. The van der Waals surface area contributed by atoms with E-state index >= 15 is 0 Å². The Morgan fingerprint density at radius 3 is 1.41 bits per heavy atom. The van der Waals surface area contributed by atoms with Crippen molar-refractivity contribution in [2.24, 2.45) is 0 Å². The second kappa shape index (κ2) is 11.5. The van der Waals surface area contributed by atoms with Crippen LogP contribution in [0.15, 0.2) is 152 Å². The first kappa shape index (κ1) is 27.2. The Labute approximate surface area is 258 Å². The third-order valence-corrected chi connectivity index (χ3v) is 8.22. The molecule has 0 atom stereocenters. The Bertz CT molecular complexity index is 2090. The molecule has 3 nitrogen and oxygen atoms in total. The minimum Gasteiger partial charge on any atom is -0.208 e. The van der Waals surface area contributed by atoms with Gasteiger partial charge in [0.05, 0.1) is 0 Å². The molecule has 0 unspecified atom stereocenters. The number of fused-ring (bicyclic) bond motifs is 3. The number of hydrogen-bond donors (Lipinski definition) is 0. The first-order valence-electron chi connectivity index (χ1n) is 14.6. The van der Waals surface area contributed by atoms with Gasteiger partial charge in [-0.05, 0) is 50.6 Å². The predicted octanol–water partition coefficient (Wildman–Crippen LogP) is 10.4. The van der Waals surface area contributed by atoms with E-state index in [9.17, 15) is 0 Å². The van der Waals surface area contributed by atoms with Crippen molar-refractivity contribution in [1.82, 2.24) is 15.0 Å². The molecule has 0 amide bonds. The first-order valence-corrected chi connectivity index (χ1v) is 14.6. The molecule has 1 aliphatic rings. The third-order valence-electron chi connectivity index (χ3n) is 8.22. The van der Waals surface area contributed by atoms with Gasteiger partial charge in [-0.25, -0.2) is 15.0 Å². The molecule has 1 heterocycles. The van der Waals surface area contributed by atoms with Gasteiger partial charge in [-0.3, -0.25) is 0 Å². The van der Waals surface area contributed by atoms with E-state index in [2.05, 4.69) is 127 Å². The van der Waals surface area contributed by atoms with Crippen molar-refractivity contribution >= 4 is 0 Å². The maximum absolute atomic E-state index is 5.13. The Morgan fingerprint density at radius 1 is 0.318 bits per heavy atom. The summed E-state index contributed by atoms with van der Waals surface area (Å²) in [6.45, 7) is 0. The summed E-state index contributed by atoms with van der Waals surface area (Å²) in [5, 5.41) is 0. The molecule has 8 rings (SSSR count). The quantitative estimate of drug-likeness (QED) is 0.208. The summed E-state index contributed by atoms with van der Waals surface area (Å²) >= 11 is 0. The molecule has 0 bridgehead atoms. The lowest BCUT2D eigenvalue weighted by atomic mass is 9.96. The maximum atomic E-state index is 5.13. The fourth-order valence-electron chi connectivity index (χ4n) is 6.14. The molecule has 0 saturated heterocycles. The minimum absolute atomic E-state index is 0. The van der Waals surface area contributed by atoms with Gasteiger partial charge >= 0.3 is 0 Å². The second-order valence-corrected chi connectivity index (χ2v) is 10.8. The van der Waals surface area contributed by atoms with Gasteiger partial charge < -0.3 is 0 Å². The van der Waals surface area contributed by atoms with Gasteiger partial charge in [0.2, 0.25) is 0 Å². The fraction of sp³-hybridized carbons (Fsp3) is 0.0488. The molecule has 0 aliphatic heterocycles. The van der Waals surface area contributed by atoms with Crippen LogP contribution in [0.4, 0.5) is 0 Å². The Hall–Kier alpha value is -5.67. The number of benzene rings is 6.